The molecule has 41 heavy (non-hydrogen) atoms. The number of hydrogen-bond acceptors (Lipinski definition) is 4. The third kappa shape index (κ3) is 7.25. The third-order valence-electron chi connectivity index (χ3n) is 6.60. The summed E-state index contributed by atoms with van der Waals surface area (Å²) in [5.74, 6) is 3.00. The smallest absolute Gasteiger partial charge is 0.138 e. The molecule has 0 spiro atoms. The van der Waals surface area contributed by atoms with Gasteiger partial charge in [0.15, 0.2) is 0 Å². The minimum absolute atomic E-state index is 0.477. The maximum absolute atomic E-state index is 6.14. The van der Waals surface area contributed by atoms with Gasteiger partial charge < -0.3 is 18.6 Å². The van der Waals surface area contributed by atoms with Crippen LogP contribution < -0.4 is 14.2 Å². The van der Waals surface area contributed by atoms with Crippen LogP contribution in [0.25, 0.3) is 23.1 Å². The molecule has 4 nitrogen and oxygen atoms in total. The van der Waals surface area contributed by atoms with E-state index >= 15 is 0 Å². The lowest BCUT2D eigenvalue weighted by atomic mass is 10.1. The maximum Gasteiger partial charge on any atom is 0.138 e. The van der Waals surface area contributed by atoms with Crippen molar-refractivity contribution < 1.29 is 18.6 Å². The standard InChI is InChI=1S/C37H30O4/c1-4-10-28(11-5-1)25-38-33-19-17-32-22-34(41-37(32)24-33)18-16-31-20-35(39-26-29-12-6-2-7-13-29)23-36(21-31)40-27-30-14-8-3-9-15-30/h1-24H,25-27H2/b18-16+. The fourth-order valence-corrected chi connectivity index (χ4v) is 4.46. The molecular weight excluding hydrogens is 508 g/mol. The Bertz CT molecular complexity index is 1660. The van der Waals surface area contributed by atoms with E-state index in [1.54, 1.807) is 0 Å². The van der Waals surface area contributed by atoms with Crippen LogP contribution in [0.3, 0.4) is 0 Å². The first-order valence-corrected chi connectivity index (χ1v) is 13.6. The Balaban J connectivity index is 1.19. The molecule has 0 atom stereocenters. The van der Waals surface area contributed by atoms with E-state index < -0.39 is 0 Å². The third-order valence-corrected chi connectivity index (χ3v) is 6.60. The molecule has 5 aromatic carbocycles. The summed E-state index contributed by atoms with van der Waals surface area (Å²) in [7, 11) is 0. The molecule has 1 aromatic heterocycles. The van der Waals surface area contributed by atoms with E-state index in [1.165, 1.54) is 0 Å². The van der Waals surface area contributed by atoms with Crippen molar-refractivity contribution in [2.24, 2.45) is 0 Å². The van der Waals surface area contributed by atoms with Crippen molar-refractivity contribution in [2.75, 3.05) is 0 Å². The molecule has 0 unspecified atom stereocenters. The van der Waals surface area contributed by atoms with Crippen molar-refractivity contribution in [3.05, 3.63) is 161 Å². The summed E-state index contributed by atoms with van der Waals surface area (Å²) in [6.45, 7) is 1.46. The van der Waals surface area contributed by atoms with Crippen molar-refractivity contribution in [3.8, 4) is 17.2 Å². The minimum atomic E-state index is 0.477. The zero-order chi connectivity index (χ0) is 27.7. The lowest BCUT2D eigenvalue weighted by Gasteiger charge is -2.12. The average molecular weight is 539 g/mol. The van der Waals surface area contributed by atoms with Crippen molar-refractivity contribution in [3.63, 3.8) is 0 Å². The number of hydrogen-bond donors (Lipinski definition) is 0. The monoisotopic (exact) mass is 538 g/mol. The largest absolute Gasteiger partial charge is 0.489 e. The Morgan fingerprint density at radius 1 is 0.463 bits per heavy atom. The Labute approximate surface area is 240 Å². The summed E-state index contributed by atoms with van der Waals surface area (Å²) in [5.41, 5.74) is 5.06. The Morgan fingerprint density at radius 3 is 1.51 bits per heavy atom. The highest BCUT2D eigenvalue weighted by atomic mass is 16.5. The van der Waals surface area contributed by atoms with Gasteiger partial charge in [-0.05, 0) is 58.7 Å². The van der Waals surface area contributed by atoms with Gasteiger partial charge in [0.25, 0.3) is 0 Å². The normalized spacial score (nSPS) is 11.1. The summed E-state index contributed by atoms with van der Waals surface area (Å²) < 4.78 is 24.4. The van der Waals surface area contributed by atoms with Crippen molar-refractivity contribution in [2.45, 2.75) is 19.8 Å². The van der Waals surface area contributed by atoms with Crippen LogP contribution in [0.2, 0.25) is 0 Å². The molecule has 0 aliphatic rings. The van der Waals surface area contributed by atoms with Crippen LogP contribution in [0.1, 0.15) is 28.0 Å². The van der Waals surface area contributed by atoms with Crippen LogP contribution in [0.15, 0.2) is 138 Å². The molecule has 0 fully saturated rings. The highest BCUT2D eigenvalue weighted by molar-refractivity contribution is 5.83. The highest BCUT2D eigenvalue weighted by Crippen LogP contribution is 2.28. The van der Waals surface area contributed by atoms with Crippen LogP contribution in [-0.2, 0) is 19.8 Å². The lowest BCUT2D eigenvalue weighted by molar-refractivity contribution is 0.290. The van der Waals surface area contributed by atoms with Crippen LogP contribution >= 0.6 is 0 Å². The molecule has 0 saturated carbocycles. The van der Waals surface area contributed by atoms with Crippen molar-refractivity contribution >= 4 is 23.1 Å². The SMILES string of the molecule is C(=C\c1cc2ccc(OCc3ccccc3)cc2o1)/c1cc(OCc2ccccc2)cc(OCc2ccccc2)c1. The molecule has 0 aliphatic heterocycles. The van der Waals surface area contributed by atoms with Gasteiger partial charge in [0, 0.05) is 17.5 Å². The van der Waals surface area contributed by atoms with Crippen LogP contribution in [0.5, 0.6) is 17.2 Å². The fourth-order valence-electron chi connectivity index (χ4n) is 4.46. The molecular formula is C37H30O4. The first-order chi connectivity index (χ1) is 20.3. The van der Waals surface area contributed by atoms with Gasteiger partial charge in [0.2, 0.25) is 0 Å². The molecule has 0 amide bonds. The van der Waals surface area contributed by atoms with Crippen molar-refractivity contribution in [1.82, 2.24) is 0 Å². The van der Waals surface area contributed by atoms with Crippen LogP contribution in [0, 0.1) is 0 Å². The molecule has 0 aliphatic carbocycles. The van der Waals surface area contributed by atoms with Gasteiger partial charge in [-0.2, -0.15) is 0 Å². The molecule has 0 N–H and O–H groups in total. The van der Waals surface area contributed by atoms with Gasteiger partial charge in [-0.15, -0.1) is 0 Å². The summed E-state index contributed by atoms with van der Waals surface area (Å²) in [6.07, 6.45) is 3.97. The first-order valence-electron chi connectivity index (χ1n) is 13.6. The second-order valence-corrected chi connectivity index (χ2v) is 9.74. The predicted molar refractivity (Wildman–Crippen MR) is 164 cm³/mol. The van der Waals surface area contributed by atoms with Gasteiger partial charge in [0.1, 0.15) is 48.4 Å². The van der Waals surface area contributed by atoms with E-state index in [4.69, 9.17) is 18.6 Å². The Morgan fingerprint density at radius 2 is 0.976 bits per heavy atom. The highest BCUT2D eigenvalue weighted by Gasteiger charge is 2.07. The number of fused-ring (bicyclic) bond motifs is 1. The zero-order valence-corrected chi connectivity index (χ0v) is 22.6. The first kappa shape index (κ1) is 26.0. The van der Waals surface area contributed by atoms with Crippen LogP contribution in [0.4, 0.5) is 0 Å². The number of rotatable bonds is 11. The second kappa shape index (κ2) is 12.8. The van der Waals surface area contributed by atoms with Gasteiger partial charge in [-0.3, -0.25) is 0 Å². The van der Waals surface area contributed by atoms with Crippen molar-refractivity contribution in [1.29, 1.82) is 0 Å². The summed E-state index contributed by atoms with van der Waals surface area (Å²) in [4.78, 5) is 0. The molecule has 6 rings (SSSR count). The Kier molecular flexibility index (Phi) is 8.10. The van der Waals surface area contributed by atoms with E-state index in [9.17, 15) is 0 Å². The number of ether oxygens (including phenoxy) is 3. The maximum atomic E-state index is 6.14. The van der Waals surface area contributed by atoms with E-state index in [-0.39, 0.29) is 0 Å². The summed E-state index contributed by atoms with van der Waals surface area (Å²) >= 11 is 0. The summed E-state index contributed by atoms with van der Waals surface area (Å²) in [6, 6.07) is 44.3. The van der Waals surface area contributed by atoms with E-state index in [1.807, 2.05) is 121 Å². The average Bonchev–Trinajstić information content (AvgIpc) is 3.45. The lowest BCUT2D eigenvalue weighted by Crippen LogP contribution is -1.98. The van der Waals surface area contributed by atoms with Gasteiger partial charge in [-0.1, -0.05) is 97.1 Å². The van der Waals surface area contributed by atoms with Gasteiger partial charge >= 0.3 is 0 Å². The molecule has 202 valence electrons. The van der Waals surface area contributed by atoms with Gasteiger partial charge in [-0.25, -0.2) is 0 Å². The molecule has 0 radical (unpaired) electrons. The van der Waals surface area contributed by atoms with Gasteiger partial charge in [0.05, 0.1) is 0 Å². The van der Waals surface area contributed by atoms with E-state index in [0.29, 0.717) is 19.8 Å². The molecule has 0 saturated heterocycles. The fraction of sp³-hybridized carbons (Fsp3) is 0.0811. The summed E-state index contributed by atoms with van der Waals surface area (Å²) in [5, 5.41) is 1.02. The molecule has 0 bridgehead atoms. The predicted octanol–water partition coefficient (Wildman–Crippen LogP) is 9.34. The zero-order valence-electron chi connectivity index (χ0n) is 22.6. The molecule has 1 heterocycles. The number of furan rings is 1. The minimum Gasteiger partial charge on any atom is -0.489 e. The molecule has 4 heteroatoms. The van der Waals surface area contributed by atoms with E-state index in [0.717, 1.165) is 56.2 Å². The number of benzene rings is 5. The quantitative estimate of drug-likeness (QED) is 0.165. The molecule has 6 aromatic rings. The topological polar surface area (TPSA) is 40.8 Å². The van der Waals surface area contributed by atoms with E-state index in [2.05, 4.69) is 24.3 Å². The second-order valence-electron chi connectivity index (χ2n) is 9.74. The van der Waals surface area contributed by atoms with Crippen LogP contribution in [-0.4, -0.2) is 0 Å². The Hall–Kier alpha value is -5.22.